The Morgan fingerprint density at radius 1 is 1.12 bits per heavy atom. The number of rotatable bonds is 2. The number of hydrogen-bond donors (Lipinski definition) is 0. The van der Waals surface area contributed by atoms with Crippen molar-refractivity contribution in [2.45, 2.75) is 23.0 Å². The van der Waals surface area contributed by atoms with Crippen molar-refractivity contribution in [2.24, 2.45) is 0 Å². The van der Waals surface area contributed by atoms with E-state index in [4.69, 9.17) is 11.6 Å². The maximum Gasteiger partial charge on any atom is 0.181 e. The molecule has 0 N–H and O–H groups in total. The lowest BCUT2D eigenvalue weighted by Gasteiger charge is -2.21. The minimum atomic E-state index is -3.20. The van der Waals surface area contributed by atoms with Gasteiger partial charge in [-0.1, -0.05) is 11.6 Å². The first-order valence-electron chi connectivity index (χ1n) is 5.23. The van der Waals surface area contributed by atoms with Gasteiger partial charge in [0.25, 0.3) is 0 Å². The minimum Gasteiger partial charge on any atom is -0.242 e. The number of hydrogen-bond acceptors (Lipinski definition) is 2. The summed E-state index contributed by atoms with van der Waals surface area (Å²) in [5, 5.41) is 4.43. The fourth-order valence-corrected chi connectivity index (χ4v) is 3.71. The highest BCUT2D eigenvalue weighted by molar-refractivity contribution is 7.92. The number of piperidine rings is 1. The molecule has 87 valence electrons. The van der Waals surface area contributed by atoms with Gasteiger partial charge in [-0.3, -0.25) is 0 Å². The van der Waals surface area contributed by atoms with Crippen molar-refractivity contribution in [3.63, 3.8) is 0 Å². The van der Waals surface area contributed by atoms with Gasteiger partial charge >= 0.3 is 0 Å². The van der Waals surface area contributed by atoms with E-state index >= 15 is 0 Å². The molecule has 1 radical (unpaired) electrons. The second kappa shape index (κ2) is 4.73. The highest BCUT2D eigenvalue weighted by Crippen LogP contribution is 2.23. The van der Waals surface area contributed by atoms with Gasteiger partial charge in [0.05, 0.1) is 10.1 Å². The largest absolute Gasteiger partial charge is 0.242 e. The van der Waals surface area contributed by atoms with Crippen LogP contribution >= 0.6 is 11.6 Å². The van der Waals surface area contributed by atoms with E-state index in [-0.39, 0.29) is 5.25 Å². The molecule has 1 aliphatic heterocycles. The van der Waals surface area contributed by atoms with Crippen molar-refractivity contribution in [3.8, 4) is 0 Å². The van der Waals surface area contributed by atoms with Crippen LogP contribution in [-0.4, -0.2) is 26.8 Å². The summed E-state index contributed by atoms with van der Waals surface area (Å²) in [6.07, 6.45) is 1.26. The highest BCUT2D eigenvalue weighted by Gasteiger charge is 2.28. The van der Waals surface area contributed by atoms with Gasteiger partial charge in [-0.05, 0) is 37.1 Å². The summed E-state index contributed by atoms with van der Waals surface area (Å²) >= 11 is 5.74. The van der Waals surface area contributed by atoms with Gasteiger partial charge in [-0.15, -0.1) is 0 Å². The molecule has 1 aliphatic rings. The van der Waals surface area contributed by atoms with Crippen molar-refractivity contribution in [2.75, 3.05) is 13.1 Å². The van der Waals surface area contributed by atoms with E-state index in [2.05, 4.69) is 5.32 Å². The molecule has 0 saturated carbocycles. The summed E-state index contributed by atoms with van der Waals surface area (Å²) in [6.45, 7) is 1.30. The molecule has 2 rings (SSSR count). The molecule has 0 aromatic heterocycles. The topological polar surface area (TPSA) is 48.2 Å². The molecule has 16 heavy (non-hydrogen) atoms. The molecule has 0 aliphatic carbocycles. The van der Waals surface area contributed by atoms with Crippen LogP contribution in [0.5, 0.6) is 0 Å². The third kappa shape index (κ3) is 2.39. The number of nitrogens with zero attached hydrogens (tertiary/aromatic N) is 1. The molecule has 5 heteroatoms. The maximum absolute atomic E-state index is 12.2. The molecule has 0 amide bonds. The zero-order chi connectivity index (χ0) is 11.6. The summed E-state index contributed by atoms with van der Waals surface area (Å²) in [7, 11) is -3.20. The van der Waals surface area contributed by atoms with E-state index < -0.39 is 9.84 Å². The molecular formula is C11H13ClNO2S. The van der Waals surface area contributed by atoms with Crippen LogP contribution in [0.15, 0.2) is 29.2 Å². The van der Waals surface area contributed by atoms with Gasteiger partial charge in [0.15, 0.2) is 9.84 Å². The molecule has 0 atom stereocenters. The van der Waals surface area contributed by atoms with E-state index in [9.17, 15) is 8.42 Å². The third-order valence-electron chi connectivity index (χ3n) is 2.80. The van der Waals surface area contributed by atoms with Crippen molar-refractivity contribution in [1.82, 2.24) is 5.32 Å². The molecule has 1 aromatic carbocycles. The molecule has 1 fully saturated rings. The van der Waals surface area contributed by atoms with Crippen molar-refractivity contribution >= 4 is 21.4 Å². The van der Waals surface area contributed by atoms with Gasteiger partial charge in [-0.2, -0.15) is 0 Å². The normalized spacial score (nSPS) is 18.6. The monoisotopic (exact) mass is 258 g/mol. The van der Waals surface area contributed by atoms with Crippen LogP contribution in [-0.2, 0) is 9.84 Å². The van der Waals surface area contributed by atoms with Crippen LogP contribution in [0.25, 0.3) is 0 Å². The van der Waals surface area contributed by atoms with Gasteiger partial charge in [0.1, 0.15) is 0 Å². The standard InChI is InChI=1S/C11H13ClNO2S/c12-9-1-3-10(4-2-9)16(14,15)11-5-7-13-8-6-11/h1-4,11H,5-8H2. The summed E-state index contributed by atoms with van der Waals surface area (Å²) in [5.74, 6) is 0. The first-order valence-corrected chi connectivity index (χ1v) is 7.16. The lowest BCUT2D eigenvalue weighted by atomic mass is 10.2. The lowest BCUT2D eigenvalue weighted by molar-refractivity contribution is 0.490. The van der Waals surface area contributed by atoms with Crippen LogP contribution in [0.3, 0.4) is 0 Å². The molecular weight excluding hydrogens is 246 g/mol. The molecule has 0 spiro atoms. The van der Waals surface area contributed by atoms with Crippen LogP contribution in [0, 0.1) is 0 Å². The van der Waals surface area contributed by atoms with E-state index in [1.54, 1.807) is 24.3 Å². The summed E-state index contributed by atoms with van der Waals surface area (Å²) < 4.78 is 24.4. The molecule has 1 aromatic rings. The third-order valence-corrected chi connectivity index (χ3v) is 5.33. The fraction of sp³-hybridized carbons (Fsp3) is 0.455. The Morgan fingerprint density at radius 2 is 1.69 bits per heavy atom. The minimum absolute atomic E-state index is 0.286. The first-order chi connectivity index (χ1) is 7.60. The average Bonchev–Trinajstić information content (AvgIpc) is 2.31. The molecule has 3 nitrogen and oxygen atoms in total. The SMILES string of the molecule is O=S(=O)(c1ccc(Cl)cc1)C1CC[N]CC1. The highest BCUT2D eigenvalue weighted by atomic mass is 35.5. The number of benzene rings is 1. The Hall–Kier alpha value is -0.580. The Bertz CT molecular complexity index is 449. The van der Waals surface area contributed by atoms with Crippen LogP contribution in [0.1, 0.15) is 12.8 Å². The van der Waals surface area contributed by atoms with E-state index in [0.29, 0.717) is 35.8 Å². The predicted molar refractivity (Wildman–Crippen MR) is 63.5 cm³/mol. The Labute approximate surface area is 101 Å². The predicted octanol–water partition coefficient (Wildman–Crippen LogP) is 1.88. The number of halogens is 1. The second-order valence-corrected chi connectivity index (χ2v) is 6.53. The second-order valence-electron chi connectivity index (χ2n) is 3.87. The lowest BCUT2D eigenvalue weighted by Crippen LogP contribution is -2.32. The van der Waals surface area contributed by atoms with Crippen molar-refractivity contribution < 1.29 is 8.42 Å². The van der Waals surface area contributed by atoms with Gasteiger partial charge in [0.2, 0.25) is 0 Å². The first kappa shape index (κ1) is 11.9. The van der Waals surface area contributed by atoms with Gasteiger partial charge < -0.3 is 0 Å². The summed E-state index contributed by atoms with van der Waals surface area (Å²) in [4.78, 5) is 0.365. The Morgan fingerprint density at radius 3 is 2.25 bits per heavy atom. The fourth-order valence-electron chi connectivity index (χ4n) is 1.85. The van der Waals surface area contributed by atoms with Crippen molar-refractivity contribution in [3.05, 3.63) is 29.3 Å². The zero-order valence-electron chi connectivity index (χ0n) is 8.77. The van der Waals surface area contributed by atoms with Crippen LogP contribution < -0.4 is 5.32 Å². The molecule has 0 bridgehead atoms. The summed E-state index contributed by atoms with van der Waals surface area (Å²) in [6, 6.07) is 6.37. The zero-order valence-corrected chi connectivity index (χ0v) is 10.3. The van der Waals surface area contributed by atoms with E-state index in [0.717, 1.165) is 0 Å². The van der Waals surface area contributed by atoms with Crippen molar-refractivity contribution in [1.29, 1.82) is 0 Å². The molecule has 1 heterocycles. The van der Waals surface area contributed by atoms with Gasteiger partial charge in [0, 0.05) is 18.1 Å². The Balaban J connectivity index is 2.27. The van der Waals surface area contributed by atoms with Crippen LogP contribution in [0.4, 0.5) is 0 Å². The average molecular weight is 259 g/mol. The number of sulfone groups is 1. The van der Waals surface area contributed by atoms with Crippen LogP contribution in [0.2, 0.25) is 5.02 Å². The maximum atomic E-state index is 12.2. The molecule has 1 saturated heterocycles. The quantitative estimate of drug-likeness (QED) is 0.813. The molecule has 0 unspecified atom stereocenters. The van der Waals surface area contributed by atoms with E-state index in [1.165, 1.54) is 0 Å². The van der Waals surface area contributed by atoms with E-state index in [1.807, 2.05) is 0 Å². The summed E-state index contributed by atoms with van der Waals surface area (Å²) in [5.41, 5.74) is 0. The van der Waals surface area contributed by atoms with Gasteiger partial charge in [-0.25, -0.2) is 13.7 Å². The Kier molecular flexibility index (Phi) is 3.52. The smallest absolute Gasteiger partial charge is 0.181 e.